The van der Waals surface area contributed by atoms with Crippen LogP contribution in [-0.2, 0) is 6.42 Å². The number of nitrogens with zero attached hydrogens (tertiary/aromatic N) is 1. The van der Waals surface area contributed by atoms with Crippen LogP contribution in [0.4, 0.5) is 0 Å². The predicted molar refractivity (Wildman–Crippen MR) is 82.7 cm³/mol. The van der Waals surface area contributed by atoms with Crippen LogP contribution in [0, 0.1) is 0 Å². The van der Waals surface area contributed by atoms with E-state index in [1.54, 1.807) is 12.1 Å². The van der Waals surface area contributed by atoms with Crippen LogP contribution in [0.25, 0.3) is 11.4 Å². The molecule has 7 heteroatoms. The van der Waals surface area contributed by atoms with Gasteiger partial charge in [0.1, 0.15) is 5.82 Å². The van der Waals surface area contributed by atoms with E-state index in [2.05, 4.69) is 9.97 Å². The van der Waals surface area contributed by atoms with Crippen LogP contribution in [0.15, 0.2) is 23.0 Å². The van der Waals surface area contributed by atoms with Gasteiger partial charge >= 0.3 is 0 Å². The Labute approximate surface area is 128 Å². The Balaban J connectivity index is 2.59. The van der Waals surface area contributed by atoms with E-state index in [0.717, 1.165) is 0 Å². The maximum absolute atomic E-state index is 11.8. The summed E-state index contributed by atoms with van der Waals surface area (Å²) in [6.07, 6.45) is 0.529. The largest absolute Gasteiger partial charge is 0.493 e. The number of rotatable bonds is 6. The van der Waals surface area contributed by atoms with Crippen LogP contribution in [0.3, 0.4) is 0 Å². The number of H-pyrrole nitrogens is 1. The summed E-state index contributed by atoms with van der Waals surface area (Å²) in [5.41, 5.74) is 6.58. The van der Waals surface area contributed by atoms with Crippen molar-refractivity contribution in [1.29, 1.82) is 0 Å². The zero-order valence-corrected chi connectivity index (χ0v) is 12.8. The van der Waals surface area contributed by atoms with Crippen molar-refractivity contribution in [3.8, 4) is 28.6 Å². The number of aromatic nitrogens is 2. The Morgan fingerprint density at radius 2 is 1.73 bits per heavy atom. The summed E-state index contributed by atoms with van der Waals surface area (Å²) in [7, 11) is 4.59. The molecule has 3 N–H and O–H groups in total. The van der Waals surface area contributed by atoms with Crippen molar-refractivity contribution in [3.05, 3.63) is 34.2 Å². The van der Waals surface area contributed by atoms with Crippen molar-refractivity contribution in [2.24, 2.45) is 5.73 Å². The minimum Gasteiger partial charge on any atom is -0.493 e. The lowest BCUT2D eigenvalue weighted by atomic mass is 10.1. The number of aromatic amines is 1. The molecular formula is C15H19N3O4. The summed E-state index contributed by atoms with van der Waals surface area (Å²) in [5, 5.41) is 0. The van der Waals surface area contributed by atoms with Gasteiger partial charge in [0, 0.05) is 23.7 Å². The molecular weight excluding hydrogens is 286 g/mol. The van der Waals surface area contributed by atoms with E-state index in [-0.39, 0.29) is 5.56 Å². The zero-order valence-electron chi connectivity index (χ0n) is 12.8. The molecule has 0 aliphatic heterocycles. The molecule has 0 aliphatic rings. The highest BCUT2D eigenvalue weighted by Crippen LogP contribution is 2.40. The molecule has 2 rings (SSSR count). The van der Waals surface area contributed by atoms with Gasteiger partial charge in [0.2, 0.25) is 5.75 Å². The Morgan fingerprint density at radius 3 is 2.23 bits per heavy atom. The topological polar surface area (TPSA) is 99.5 Å². The van der Waals surface area contributed by atoms with Gasteiger partial charge in [0.15, 0.2) is 11.5 Å². The normalized spacial score (nSPS) is 10.4. The van der Waals surface area contributed by atoms with E-state index >= 15 is 0 Å². The molecule has 7 nitrogen and oxygen atoms in total. The second-order valence-electron chi connectivity index (χ2n) is 4.54. The molecule has 0 radical (unpaired) electrons. The first-order valence-corrected chi connectivity index (χ1v) is 6.73. The van der Waals surface area contributed by atoms with Crippen molar-refractivity contribution in [3.63, 3.8) is 0 Å². The van der Waals surface area contributed by atoms with E-state index in [0.29, 0.717) is 47.3 Å². The van der Waals surface area contributed by atoms with Gasteiger partial charge in [-0.1, -0.05) is 0 Å². The molecule has 0 atom stereocenters. The first-order chi connectivity index (χ1) is 10.6. The molecule has 22 heavy (non-hydrogen) atoms. The maximum atomic E-state index is 11.8. The summed E-state index contributed by atoms with van der Waals surface area (Å²) in [5.74, 6) is 1.89. The summed E-state index contributed by atoms with van der Waals surface area (Å²) < 4.78 is 15.9. The second kappa shape index (κ2) is 6.95. The zero-order chi connectivity index (χ0) is 16.1. The third kappa shape index (κ3) is 3.20. The minimum atomic E-state index is -0.234. The Morgan fingerprint density at radius 1 is 1.09 bits per heavy atom. The van der Waals surface area contributed by atoms with Gasteiger partial charge in [-0.3, -0.25) is 4.79 Å². The highest BCUT2D eigenvalue weighted by atomic mass is 16.5. The molecule has 0 fully saturated rings. The summed E-state index contributed by atoms with van der Waals surface area (Å²) in [6.45, 7) is 0.422. The Kier molecular flexibility index (Phi) is 5.00. The minimum absolute atomic E-state index is 0.234. The lowest BCUT2D eigenvalue weighted by molar-refractivity contribution is 0.324. The van der Waals surface area contributed by atoms with Gasteiger partial charge in [0.05, 0.1) is 21.3 Å². The molecule has 0 saturated carbocycles. The quantitative estimate of drug-likeness (QED) is 0.825. The number of ether oxygens (including phenoxy) is 3. The molecule has 1 heterocycles. The highest BCUT2D eigenvalue weighted by Gasteiger charge is 2.15. The maximum Gasteiger partial charge on any atom is 0.251 e. The van der Waals surface area contributed by atoms with Gasteiger partial charge in [-0.05, 0) is 18.7 Å². The monoisotopic (exact) mass is 305 g/mol. The summed E-state index contributed by atoms with van der Waals surface area (Å²) in [6, 6.07) is 4.89. The number of hydrogen-bond donors (Lipinski definition) is 2. The Hall–Kier alpha value is -2.54. The number of benzene rings is 1. The summed E-state index contributed by atoms with van der Waals surface area (Å²) in [4.78, 5) is 18.9. The van der Waals surface area contributed by atoms with Crippen molar-refractivity contribution in [1.82, 2.24) is 9.97 Å². The van der Waals surface area contributed by atoms with Gasteiger partial charge in [-0.15, -0.1) is 0 Å². The van der Waals surface area contributed by atoms with Gasteiger partial charge < -0.3 is 24.9 Å². The molecule has 0 aliphatic carbocycles. The lowest BCUT2D eigenvalue weighted by Gasteiger charge is -2.14. The van der Waals surface area contributed by atoms with E-state index < -0.39 is 0 Å². The molecule has 0 unspecified atom stereocenters. The van der Waals surface area contributed by atoms with Crippen molar-refractivity contribution < 1.29 is 14.2 Å². The smallest absolute Gasteiger partial charge is 0.251 e. The molecule has 0 saturated heterocycles. The van der Waals surface area contributed by atoms with Crippen LogP contribution in [0.5, 0.6) is 17.2 Å². The Bertz CT molecular complexity index is 687. The average Bonchev–Trinajstić information content (AvgIpc) is 2.53. The molecule has 0 bridgehead atoms. The van der Waals surface area contributed by atoms with Crippen LogP contribution < -0.4 is 25.5 Å². The van der Waals surface area contributed by atoms with Crippen molar-refractivity contribution >= 4 is 0 Å². The number of hydrogen-bond acceptors (Lipinski definition) is 6. The fourth-order valence-electron chi connectivity index (χ4n) is 2.14. The number of methoxy groups -OCH3 is 3. The second-order valence-corrected chi connectivity index (χ2v) is 4.54. The molecule has 1 aromatic heterocycles. The first-order valence-electron chi connectivity index (χ1n) is 6.73. The molecule has 0 amide bonds. The molecule has 2 aromatic rings. The third-order valence-corrected chi connectivity index (χ3v) is 3.13. The van der Waals surface area contributed by atoms with Gasteiger partial charge in [0.25, 0.3) is 5.56 Å². The SMILES string of the molecule is COc1cc(-c2nc(CCN)cc(=O)[nH]2)cc(OC)c1OC. The number of nitrogens with two attached hydrogens (primary N) is 1. The standard InChI is InChI=1S/C15H19N3O4/c1-20-11-6-9(7-12(21-2)14(11)22-3)15-17-10(4-5-16)8-13(19)18-15/h6-8H,4-5,16H2,1-3H3,(H,17,18,19). The fraction of sp³-hybridized carbons (Fsp3) is 0.333. The van der Waals surface area contributed by atoms with E-state index in [4.69, 9.17) is 19.9 Å². The number of nitrogens with one attached hydrogen (secondary N) is 1. The first kappa shape index (κ1) is 15.8. The molecule has 1 aromatic carbocycles. The molecule has 0 spiro atoms. The summed E-state index contributed by atoms with van der Waals surface area (Å²) >= 11 is 0. The third-order valence-electron chi connectivity index (χ3n) is 3.13. The fourth-order valence-corrected chi connectivity index (χ4v) is 2.14. The highest BCUT2D eigenvalue weighted by molar-refractivity contribution is 5.66. The lowest BCUT2D eigenvalue weighted by Crippen LogP contribution is -2.13. The van der Waals surface area contributed by atoms with E-state index in [9.17, 15) is 4.79 Å². The van der Waals surface area contributed by atoms with Crippen LogP contribution in [0.2, 0.25) is 0 Å². The van der Waals surface area contributed by atoms with Crippen molar-refractivity contribution in [2.45, 2.75) is 6.42 Å². The molecule has 118 valence electrons. The van der Waals surface area contributed by atoms with Crippen LogP contribution >= 0.6 is 0 Å². The average molecular weight is 305 g/mol. The van der Waals surface area contributed by atoms with E-state index in [1.807, 2.05) is 0 Å². The van der Waals surface area contributed by atoms with Crippen LogP contribution in [-0.4, -0.2) is 37.8 Å². The van der Waals surface area contributed by atoms with Crippen LogP contribution in [0.1, 0.15) is 5.69 Å². The van der Waals surface area contributed by atoms with Gasteiger partial charge in [-0.2, -0.15) is 0 Å². The predicted octanol–water partition coefficient (Wildman–Crippen LogP) is 0.964. The van der Waals surface area contributed by atoms with Crippen molar-refractivity contribution in [2.75, 3.05) is 27.9 Å². The van der Waals surface area contributed by atoms with Gasteiger partial charge in [-0.25, -0.2) is 4.98 Å². The van der Waals surface area contributed by atoms with E-state index in [1.165, 1.54) is 27.4 Å².